The van der Waals surface area contributed by atoms with E-state index < -0.39 is 47.7 Å². The van der Waals surface area contributed by atoms with Crippen molar-refractivity contribution in [2.75, 3.05) is 0 Å². The molecule has 0 spiro atoms. The Morgan fingerprint density at radius 3 is 1.86 bits per heavy atom. The fourth-order valence-corrected chi connectivity index (χ4v) is 5.05. The van der Waals surface area contributed by atoms with E-state index in [2.05, 4.69) is 4.72 Å². The summed E-state index contributed by atoms with van der Waals surface area (Å²) >= 11 is 5.86. The lowest BCUT2D eigenvalue weighted by atomic mass is 10.0. The van der Waals surface area contributed by atoms with Gasteiger partial charge in [0.15, 0.2) is 0 Å². The van der Waals surface area contributed by atoms with Crippen LogP contribution < -0.4 is 14.5 Å². The lowest BCUT2D eigenvalue weighted by Gasteiger charge is -2.36. The number of aliphatic hydroxyl groups excluding tert-OH is 1. The molecule has 188 valence electrons. The Morgan fingerprint density at radius 1 is 0.914 bits per heavy atom. The minimum atomic E-state index is -5.52. The Labute approximate surface area is 204 Å². The summed E-state index contributed by atoms with van der Waals surface area (Å²) in [5.74, 6) is -2.47. The maximum absolute atomic E-state index is 13.0. The average Bonchev–Trinajstić information content (AvgIpc) is 2.78. The van der Waals surface area contributed by atoms with Crippen LogP contribution in [0.3, 0.4) is 0 Å². The fourth-order valence-electron chi connectivity index (χ4n) is 3.22. The van der Waals surface area contributed by atoms with Crippen LogP contribution in [0.4, 0.5) is 13.2 Å². The minimum Gasteiger partial charge on any atom is -0.809 e. The molecule has 0 saturated heterocycles. The first-order chi connectivity index (χ1) is 16.2. The molecule has 2 unspecified atom stereocenters. The van der Waals surface area contributed by atoms with Gasteiger partial charge in [0.2, 0.25) is 10.0 Å². The summed E-state index contributed by atoms with van der Waals surface area (Å²) in [6.07, 6.45) is -5.56. The number of nitrogens with one attached hydrogen (secondary N) is 1. The van der Waals surface area contributed by atoms with E-state index >= 15 is 0 Å². The Morgan fingerprint density at radius 2 is 1.40 bits per heavy atom. The molecule has 0 saturated carbocycles. The first-order valence-corrected chi connectivity index (χ1v) is 13.4. The molecule has 7 nitrogen and oxygen atoms in total. The lowest BCUT2D eigenvalue weighted by Crippen LogP contribution is -2.34. The standard InChI is InChI=1S/C22H20ClF3NO6PS/c23-18-9-3-14(4-10-18)15-5-11-19(12-6-15)35(32,33)27-20(13-21(28)34(29,30)31)16-1-7-17(8-2-16)22(24,25)26/h1-12,20-21,27-28H,13H2,(H2,29,30,31)/p-2. The van der Waals surface area contributed by atoms with Gasteiger partial charge >= 0.3 is 6.18 Å². The summed E-state index contributed by atoms with van der Waals surface area (Å²) in [5, 5.41) is 10.3. The van der Waals surface area contributed by atoms with Crippen LogP contribution in [0, 0.1) is 0 Å². The number of halogens is 4. The molecule has 0 radical (unpaired) electrons. The van der Waals surface area contributed by atoms with Crippen molar-refractivity contribution in [1.82, 2.24) is 4.72 Å². The van der Waals surface area contributed by atoms with Gasteiger partial charge in [-0.25, -0.2) is 13.1 Å². The van der Waals surface area contributed by atoms with Crippen LogP contribution >= 0.6 is 19.2 Å². The number of alkyl halides is 3. The quantitative estimate of drug-likeness (QED) is 0.414. The van der Waals surface area contributed by atoms with Gasteiger partial charge in [0.25, 0.3) is 0 Å². The molecule has 0 bridgehead atoms. The van der Waals surface area contributed by atoms with Crippen LogP contribution in [-0.2, 0) is 20.8 Å². The van der Waals surface area contributed by atoms with E-state index in [1.54, 1.807) is 24.3 Å². The summed E-state index contributed by atoms with van der Waals surface area (Å²) < 4.78 is 77.9. The largest absolute Gasteiger partial charge is 0.809 e. The Hall–Kier alpha value is -2.24. The molecule has 0 aliphatic rings. The molecule has 0 heterocycles. The third-order valence-corrected chi connectivity index (χ3v) is 7.77. The zero-order valence-corrected chi connectivity index (χ0v) is 20.1. The van der Waals surface area contributed by atoms with E-state index in [9.17, 15) is 41.0 Å². The second kappa shape index (κ2) is 10.4. The maximum atomic E-state index is 13.0. The highest BCUT2D eigenvalue weighted by molar-refractivity contribution is 7.89. The molecule has 3 aromatic rings. The van der Waals surface area contributed by atoms with Gasteiger partial charge in [-0.15, -0.1) is 0 Å². The van der Waals surface area contributed by atoms with Gasteiger partial charge in [0, 0.05) is 11.1 Å². The minimum absolute atomic E-state index is 0.0770. The van der Waals surface area contributed by atoms with Gasteiger partial charge in [0.05, 0.1) is 16.3 Å². The number of hydrogen-bond acceptors (Lipinski definition) is 6. The van der Waals surface area contributed by atoms with Gasteiger partial charge in [0.1, 0.15) is 0 Å². The predicted molar refractivity (Wildman–Crippen MR) is 120 cm³/mol. The third kappa shape index (κ3) is 7.14. The second-order valence-electron chi connectivity index (χ2n) is 7.58. The van der Waals surface area contributed by atoms with Gasteiger partial charge in [-0.05, 0) is 67.1 Å². The first-order valence-electron chi connectivity index (χ1n) is 9.92. The van der Waals surface area contributed by atoms with Crippen LogP contribution in [0.25, 0.3) is 11.1 Å². The number of aliphatic hydroxyl groups is 1. The SMILES string of the molecule is O=P([O-])([O-])C(O)CC(NS(=O)(=O)c1ccc(-c2ccc(Cl)cc2)cc1)c1ccc(C(F)(F)F)cc1. The van der Waals surface area contributed by atoms with E-state index in [1.807, 2.05) is 0 Å². The molecule has 0 fully saturated rings. The molecule has 0 aliphatic heterocycles. The summed E-state index contributed by atoms with van der Waals surface area (Å²) in [4.78, 5) is 22.2. The number of hydrogen-bond donors (Lipinski definition) is 2. The van der Waals surface area contributed by atoms with Crippen LogP contribution in [0.1, 0.15) is 23.6 Å². The van der Waals surface area contributed by atoms with Gasteiger partial charge < -0.3 is 19.5 Å². The van der Waals surface area contributed by atoms with E-state index in [1.165, 1.54) is 24.3 Å². The number of sulfonamides is 1. The maximum Gasteiger partial charge on any atom is 0.416 e. The molecular formula is C22H18ClF3NO6PS-2. The van der Waals surface area contributed by atoms with E-state index in [0.717, 1.165) is 17.7 Å². The van der Waals surface area contributed by atoms with E-state index in [-0.39, 0.29) is 10.5 Å². The zero-order chi connectivity index (χ0) is 26.0. The van der Waals surface area contributed by atoms with Gasteiger partial charge in [-0.3, -0.25) is 0 Å². The topological polar surface area (TPSA) is 130 Å². The monoisotopic (exact) mass is 547 g/mol. The van der Waals surface area contributed by atoms with Crippen molar-refractivity contribution in [2.45, 2.75) is 29.4 Å². The van der Waals surface area contributed by atoms with Crippen molar-refractivity contribution >= 4 is 29.2 Å². The lowest BCUT2D eigenvalue weighted by molar-refractivity contribution is -0.322. The molecule has 3 rings (SSSR count). The van der Waals surface area contributed by atoms with Crippen LogP contribution in [0.2, 0.25) is 5.02 Å². The summed E-state index contributed by atoms with van der Waals surface area (Å²) in [7, 11) is -9.86. The first kappa shape index (κ1) is 27.3. The smallest absolute Gasteiger partial charge is 0.416 e. The molecular weight excluding hydrogens is 530 g/mol. The predicted octanol–water partition coefficient (Wildman–Crippen LogP) is 3.67. The number of benzene rings is 3. The van der Waals surface area contributed by atoms with Gasteiger partial charge in [-0.1, -0.05) is 48.0 Å². The van der Waals surface area contributed by atoms with E-state index in [0.29, 0.717) is 22.7 Å². The second-order valence-corrected chi connectivity index (χ2v) is 11.4. The molecule has 0 aromatic heterocycles. The van der Waals surface area contributed by atoms with Gasteiger partial charge in [-0.2, -0.15) is 13.2 Å². The van der Waals surface area contributed by atoms with Crippen LogP contribution in [-0.4, -0.2) is 19.4 Å². The molecule has 2 atom stereocenters. The van der Waals surface area contributed by atoms with Crippen molar-refractivity contribution in [1.29, 1.82) is 0 Å². The highest BCUT2D eigenvalue weighted by atomic mass is 35.5. The van der Waals surface area contributed by atoms with E-state index in [4.69, 9.17) is 11.6 Å². The van der Waals surface area contributed by atoms with Crippen molar-refractivity contribution < 1.29 is 41.0 Å². The van der Waals surface area contributed by atoms with Crippen molar-refractivity contribution in [3.63, 3.8) is 0 Å². The average molecular weight is 548 g/mol. The zero-order valence-electron chi connectivity index (χ0n) is 17.6. The Kier molecular flexibility index (Phi) is 8.12. The Balaban J connectivity index is 1.90. The molecule has 0 aliphatic carbocycles. The fraction of sp³-hybridized carbons (Fsp3) is 0.182. The van der Waals surface area contributed by atoms with Crippen LogP contribution in [0.15, 0.2) is 77.7 Å². The number of rotatable bonds is 8. The summed E-state index contributed by atoms with van der Waals surface area (Å²) in [5.41, 5.74) is 0.346. The van der Waals surface area contributed by atoms with Crippen molar-refractivity contribution in [3.8, 4) is 11.1 Å². The van der Waals surface area contributed by atoms with Crippen molar-refractivity contribution in [2.24, 2.45) is 0 Å². The Bertz CT molecular complexity index is 1310. The molecule has 3 aromatic carbocycles. The summed E-state index contributed by atoms with van der Waals surface area (Å²) in [6.45, 7) is 0. The third-order valence-electron chi connectivity index (χ3n) is 5.09. The summed E-state index contributed by atoms with van der Waals surface area (Å²) in [6, 6.07) is 14.1. The molecule has 35 heavy (non-hydrogen) atoms. The molecule has 0 amide bonds. The molecule has 13 heteroatoms. The normalized spacial score (nSPS) is 14.5. The highest BCUT2D eigenvalue weighted by Gasteiger charge is 2.31. The van der Waals surface area contributed by atoms with Crippen molar-refractivity contribution in [3.05, 3.63) is 88.9 Å². The van der Waals surface area contributed by atoms with Crippen LogP contribution in [0.5, 0.6) is 0 Å². The molecule has 2 N–H and O–H groups in total. The highest BCUT2D eigenvalue weighted by Crippen LogP contribution is 2.37.